The Kier molecular flexibility index (Phi) is 14.9. The highest BCUT2D eigenvalue weighted by Crippen LogP contribution is 2.26. The number of amides is 1. The second kappa shape index (κ2) is 14.3. The first-order valence-electron chi connectivity index (χ1n) is 7.76. The van der Waals surface area contributed by atoms with Crippen molar-refractivity contribution in [1.29, 1.82) is 0 Å². The van der Waals surface area contributed by atoms with Gasteiger partial charge >= 0.3 is 0 Å². The third-order valence-electron chi connectivity index (χ3n) is 2.18. The third kappa shape index (κ3) is 10.9. The Bertz CT molecular complexity index is 592. The number of hydrogen-bond donors (Lipinski definition) is 1. The summed E-state index contributed by atoms with van der Waals surface area (Å²) in [6, 6.07) is 6.05. The number of thiazole rings is 1. The number of rotatable bonds is 2. The monoisotopic (exact) mass is 354 g/mol. The van der Waals surface area contributed by atoms with Gasteiger partial charge in [-0.1, -0.05) is 51.7 Å². The molecule has 0 atom stereocenters. The predicted molar refractivity (Wildman–Crippen MR) is 110 cm³/mol. The molecule has 5 heteroatoms. The summed E-state index contributed by atoms with van der Waals surface area (Å²) in [5, 5.41) is 3.35. The Morgan fingerprint density at radius 1 is 1.22 bits per heavy atom. The summed E-state index contributed by atoms with van der Waals surface area (Å²) >= 11 is 3.18. The summed E-state index contributed by atoms with van der Waals surface area (Å²) in [6.07, 6.45) is 2.02. The Morgan fingerprint density at radius 3 is 2.17 bits per heavy atom. The van der Waals surface area contributed by atoms with Crippen LogP contribution < -0.4 is 5.32 Å². The number of carbonyl (C=O) groups is 1. The molecule has 1 aromatic heterocycles. The molecule has 0 fully saturated rings. The maximum Gasteiger partial charge on any atom is 0.223 e. The number of anilines is 1. The molecule has 0 aliphatic carbocycles. The standard InChI is InChI=1S/C10H10N2OS.C4H8S.2C2H6/c1-6-3-4-8-9(5-6)14-10(12-8)11-7(2)13;1-4(2)5-3;2*1-2/h3-5H,1-2H3,(H,11,12,13);1H2,2-3H3;2*1-2H3. The quantitative estimate of drug-likeness (QED) is 0.669. The van der Waals surface area contributed by atoms with E-state index in [1.54, 1.807) is 11.8 Å². The third-order valence-corrected chi connectivity index (χ3v) is 3.81. The van der Waals surface area contributed by atoms with Crippen LogP contribution in [0.4, 0.5) is 5.13 Å². The second-order valence-electron chi connectivity index (χ2n) is 4.08. The normalized spacial score (nSPS) is 8.52. The SMILES string of the molecule is C=C(C)SC.CC.CC.CC(=O)Nc1nc2ccc(C)cc2s1. The van der Waals surface area contributed by atoms with Crippen LogP contribution in [-0.4, -0.2) is 17.1 Å². The van der Waals surface area contributed by atoms with E-state index in [2.05, 4.69) is 22.9 Å². The van der Waals surface area contributed by atoms with E-state index in [9.17, 15) is 4.79 Å². The smallest absolute Gasteiger partial charge is 0.223 e. The van der Waals surface area contributed by atoms with E-state index in [1.807, 2.05) is 59.9 Å². The molecule has 1 N–H and O–H groups in total. The summed E-state index contributed by atoms with van der Waals surface area (Å²) in [7, 11) is 0. The van der Waals surface area contributed by atoms with E-state index in [4.69, 9.17) is 0 Å². The lowest BCUT2D eigenvalue weighted by Crippen LogP contribution is -2.04. The van der Waals surface area contributed by atoms with Crippen molar-refractivity contribution < 1.29 is 4.79 Å². The predicted octanol–water partition coefficient (Wildman–Crippen LogP) is 6.50. The number of thioether (sulfide) groups is 1. The number of fused-ring (bicyclic) bond motifs is 1. The van der Waals surface area contributed by atoms with E-state index >= 15 is 0 Å². The Balaban J connectivity index is 0. The van der Waals surface area contributed by atoms with Gasteiger partial charge in [0.25, 0.3) is 0 Å². The van der Waals surface area contributed by atoms with Crippen LogP contribution in [0.2, 0.25) is 0 Å². The van der Waals surface area contributed by atoms with E-state index < -0.39 is 0 Å². The first kappa shape index (κ1) is 23.9. The van der Waals surface area contributed by atoms with Crippen LogP contribution in [0.5, 0.6) is 0 Å². The summed E-state index contributed by atoms with van der Waals surface area (Å²) in [5.74, 6) is -0.0826. The summed E-state index contributed by atoms with van der Waals surface area (Å²) < 4.78 is 1.11. The Morgan fingerprint density at radius 2 is 1.74 bits per heavy atom. The van der Waals surface area contributed by atoms with Gasteiger partial charge in [0.05, 0.1) is 10.2 Å². The minimum Gasteiger partial charge on any atom is -0.302 e. The largest absolute Gasteiger partial charge is 0.302 e. The van der Waals surface area contributed by atoms with Gasteiger partial charge in [-0.25, -0.2) is 4.98 Å². The van der Waals surface area contributed by atoms with Gasteiger partial charge in [0.2, 0.25) is 5.91 Å². The fourth-order valence-electron chi connectivity index (χ4n) is 1.24. The zero-order valence-electron chi connectivity index (χ0n) is 15.6. The van der Waals surface area contributed by atoms with Gasteiger partial charge in [0, 0.05) is 6.92 Å². The molecule has 3 nitrogen and oxygen atoms in total. The first-order valence-corrected chi connectivity index (χ1v) is 9.80. The van der Waals surface area contributed by atoms with Gasteiger partial charge in [0.1, 0.15) is 0 Å². The van der Waals surface area contributed by atoms with Crippen molar-refractivity contribution in [2.75, 3.05) is 11.6 Å². The Hall–Kier alpha value is -1.33. The van der Waals surface area contributed by atoms with Crippen molar-refractivity contribution in [1.82, 2.24) is 4.98 Å². The van der Waals surface area contributed by atoms with E-state index in [1.165, 1.54) is 28.7 Å². The van der Waals surface area contributed by atoms with E-state index in [0.29, 0.717) is 5.13 Å². The fourth-order valence-corrected chi connectivity index (χ4v) is 2.25. The molecule has 2 aromatic rings. The van der Waals surface area contributed by atoms with Crippen LogP contribution in [0.25, 0.3) is 10.2 Å². The van der Waals surface area contributed by atoms with Crippen molar-refractivity contribution >= 4 is 44.4 Å². The molecule has 0 saturated heterocycles. The molecule has 0 unspecified atom stereocenters. The average molecular weight is 355 g/mol. The van der Waals surface area contributed by atoms with Gasteiger partial charge in [0.15, 0.2) is 5.13 Å². The summed E-state index contributed by atoms with van der Waals surface area (Å²) in [5.41, 5.74) is 2.14. The molecule has 0 radical (unpaired) electrons. The molecule has 1 heterocycles. The number of allylic oxidation sites excluding steroid dienone is 1. The average Bonchev–Trinajstić information content (AvgIpc) is 2.92. The van der Waals surface area contributed by atoms with E-state index in [-0.39, 0.29) is 5.91 Å². The topological polar surface area (TPSA) is 42.0 Å². The van der Waals surface area contributed by atoms with Crippen molar-refractivity contribution in [3.05, 3.63) is 35.2 Å². The number of carbonyl (C=O) groups excluding carboxylic acids is 1. The van der Waals surface area contributed by atoms with Crippen LogP contribution in [-0.2, 0) is 4.79 Å². The highest BCUT2D eigenvalue weighted by atomic mass is 32.2. The molecule has 0 spiro atoms. The second-order valence-corrected chi connectivity index (χ2v) is 6.21. The van der Waals surface area contributed by atoms with Crippen LogP contribution in [0.1, 0.15) is 47.1 Å². The molecule has 130 valence electrons. The lowest BCUT2D eigenvalue weighted by molar-refractivity contribution is -0.114. The van der Waals surface area contributed by atoms with Crippen LogP contribution in [0.3, 0.4) is 0 Å². The number of aryl methyl sites for hydroxylation is 1. The number of benzene rings is 1. The molecular formula is C18H30N2OS2. The number of hydrogen-bond acceptors (Lipinski definition) is 4. The highest BCUT2D eigenvalue weighted by molar-refractivity contribution is 8.02. The molecule has 0 bridgehead atoms. The van der Waals surface area contributed by atoms with Gasteiger partial charge in [-0.2, -0.15) is 0 Å². The minimum atomic E-state index is -0.0826. The van der Waals surface area contributed by atoms with Gasteiger partial charge < -0.3 is 5.32 Å². The number of aromatic nitrogens is 1. The van der Waals surface area contributed by atoms with Gasteiger partial charge in [-0.15, -0.1) is 11.8 Å². The van der Waals surface area contributed by atoms with Crippen molar-refractivity contribution in [2.45, 2.75) is 48.5 Å². The molecule has 23 heavy (non-hydrogen) atoms. The van der Waals surface area contributed by atoms with E-state index in [0.717, 1.165) is 10.2 Å². The molecule has 1 aromatic carbocycles. The molecule has 2 rings (SSSR count). The Labute approximate surface area is 149 Å². The zero-order valence-corrected chi connectivity index (χ0v) is 17.2. The first-order chi connectivity index (χ1) is 10.9. The highest BCUT2D eigenvalue weighted by Gasteiger charge is 2.04. The molecular weight excluding hydrogens is 324 g/mol. The van der Waals surface area contributed by atoms with Gasteiger partial charge in [-0.05, 0) is 42.7 Å². The van der Waals surface area contributed by atoms with Crippen molar-refractivity contribution in [3.63, 3.8) is 0 Å². The fraction of sp³-hybridized carbons (Fsp3) is 0.444. The minimum absolute atomic E-state index is 0.0826. The number of nitrogens with zero attached hydrogens (tertiary/aromatic N) is 1. The van der Waals surface area contributed by atoms with Gasteiger partial charge in [-0.3, -0.25) is 4.79 Å². The molecule has 0 aliphatic heterocycles. The maximum atomic E-state index is 10.8. The van der Waals surface area contributed by atoms with Crippen molar-refractivity contribution in [3.8, 4) is 0 Å². The summed E-state index contributed by atoms with van der Waals surface area (Å²) in [6.45, 7) is 17.1. The number of nitrogens with one attached hydrogen (secondary N) is 1. The molecule has 0 saturated carbocycles. The summed E-state index contributed by atoms with van der Waals surface area (Å²) in [4.78, 5) is 16.3. The van der Waals surface area contributed by atoms with Crippen LogP contribution >= 0.6 is 23.1 Å². The zero-order chi connectivity index (χ0) is 18.4. The molecule has 1 amide bonds. The maximum absolute atomic E-state index is 10.8. The van der Waals surface area contributed by atoms with Crippen LogP contribution in [0.15, 0.2) is 29.7 Å². The molecule has 0 aliphatic rings. The van der Waals surface area contributed by atoms with Crippen LogP contribution in [0, 0.1) is 6.92 Å². The van der Waals surface area contributed by atoms with Crippen molar-refractivity contribution in [2.24, 2.45) is 0 Å². The lowest BCUT2D eigenvalue weighted by atomic mass is 10.2. The lowest BCUT2D eigenvalue weighted by Gasteiger charge is -1.91.